The van der Waals surface area contributed by atoms with Gasteiger partial charge in [0, 0.05) is 5.92 Å². The van der Waals surface area contributed by atoms with Crippen molar-refractivity contribution in [1.29, 1.82) is 0 Å². The first-order chi connectivity index (χ1) is 9.56. The molecule has 1 heterocycles. The van der Waals surface area contributed by atoms with Gasteiger partial charge < -0.3 is 29.7 Å². The maximum Gasteiger partial charge on any atom is 0.203 e. The quantitative estimate of drug-likeness (QED) is 0.258. The van der Waals surface area contributed by atoms with Gasteiger partial charge in [0.15, 0.2) is 0 Å². The molecule has 4 N–H and O–H groups in total. The molecule has 1 aliphatic rings. The smallest absolute Gasteiger partial charge is 0.203 e. The van der Waals surface area contributed by atoms with Crippen LogP contribution in [0, 0.1) is 5.92 Å². The second-order valence-corrected chi connectivity index (χ2v) is 6.98. The Hall–Kier alpha value is -0.270. The molecule has 0 unspecified atom stereocenters. The molecule has 1 rings (SSSR count). The van der Waals surface area contributed by atoms with E-state index in [0.29, 0.717) is 11.8 Å². The maximum absolute atomic E-state index is 10.7. The summed E-state index contributed by atoms with van der Waals surface area (Å²) in [6, 6.07) is 0. The monoisotopic (exact) mass is 344 g/mol. The van der Waals surface area contributed by atoms with Crippen LogP contribution in [0.5, 0.6) is 0 Å². The highest BCUT2D eigenvalue weighted by Gasteiger charge is 2.44. The second kappa shape index (κ2) is 7.33. The van der Waals surface area contributed by atoms with Crippen LogP contribution >= 0.6 is 11.8 Å². The lowest BCUT2D eigenvalue weighted by Gasteiger charge is -2.39. The van der Waals surface area contributed by atoms with Crippen LogP contribution < -0.4 is 0 Å². The predicted octanol–water partition coefficient (Wildman–Crippen LogP) is -1.97. The molecule has 0 aromatic rings. The van der Waals surface area contributed by atoms with Gasteiger partial charge in [-0.1, -0.05) is 25.6 Å². The fraction of sp³-hybridized carbons (Fsp3) is 0.900. The lowest BCUT2D eigenvalue weighted by molar-refractivity contribution is -0.205. The Labute approximate surface area is 126 Å². The molecule has 0 bridgehead atoms. The van der Waals surface area contributed by atoms with Gasteiger partial charge in [0.05, 0.1) is 11.7 Å². The average molecular weight is 344 g/mol. The Bertz CT molecular complexity index is 477. The number of aliphatic hydroxyl groups is 4. The molecule has 5 atom stereocenters. The number of rotatable bonds is 4. The Balaban J connectivity index is 2.95. The number of nitrogens with zero attached hydrogens (tertiary/aromatic N) is 1. The summed E-state index contributed by atoms with van der Waals surface area (Å²) in [7, 11) is -4.86. The molecule has 0 aliphatic carbocycles. The first-order valence-electron chi connectivity index (χ1n) is 6.09. The lowest BCUT2D eigenvalue weighted by Crippen LogP contribution is -2.57. The third kappa shape index (κ3) is 5.14. The van der Waals surface area contributed by atoms with E-state index in [1.54, 1.807) is 13.8 Å². The Kier molecular flexibility index (Phi) is 6.55. The molecule has 0 spiro atoms. The normalized spacial score (nSPS) is 35.2. The molecule has 1 aliphatic heterocycles. The molecule has 11 heteroatoms. The molecule has 21 heavy (non-hydrogen) atoms. The third-order valence-corrected chi connectivity index (χ3v) is 4.74. The molecule has 1 saturated heterocycles. The summed E-state index contributed by atoms with van der Waals surface area (Å²) in [5.74, 6) is -0.439. The molecule has 0 saturated carbocycles. The highest BCUT2D eigenvalue weighted by molar-refractivity contribution is 8.14. The first kappa shape index (κ1) is 18.8. The van der Waals surface area contributed by atoms with Crippen molar-refractivity contribution in [2.45, 2.75) is 43.7 Å². The van der Waals surface area contributed by atoms with Gasteiger partial charge in [-0.2, -0.15) is 4.40 Å². The number of hydrogen-bond donors (Lipinski definition) is 4. The van der Waals surface area contributed by atoms with Crippen LogP contribution in [0.2, 0.25) is 0 Å². The van der Waals surface area contributed by atoms with E-state index < -0.39 is 52.7 Å². The van der Waals surface area contributed by atoms with Crippen molar-refractivity contribution < 1.29 is 38.1 Å². The standard InChI is InChI=1S/C10H19NO8S2/c1-4(2)9(11-21(16,17)18)20-10-8(15)7(14)6(13)5(3-12)19-10/h4-8,10,12-15H,3H2,1-2H3,(H,16,17,18)/p-1/t5-,6-,7+,8-,10+/m1/s1. The van der Waals surface area contributed by atoms with Gasteiger partial charge in [0.25, 0.3) is 0 Å². The minimum Gasteiger partial charge on any atom is -0.730 e. The topological polar surface area (TPSA) is 160 Å². The Morgan fingerprint density at radius 1 is 1.29 bits per heavy atom. The minimum atomic E-state index is -4.86. The van der Waals surface area contributed by atoms with Gasteiger partial charge in [-0.05, 0) is 0 Å². The van der Waals surface area contributed by atoms with Gasteiger partial charge in [-0.3, -0.25) is 0 Å². The van der Waals surface area contributed by atoms with Crippen LogP contribution in [0.3, 0.4) is 0 Å². The van der Waals surface area contributed by atoms with E-state index in [9.17, 15) is 28.3 Å². The van der Waals surface area contributed by atoms with Crippen molar-refractivity contribution >= 4 is 27.1 Å². The SMILES string of the molecule is CC(C)C(=NS(=O)(=O)[O-])S[C@@H]1O[C@H](CO)[C@@H](O)[C@H](O)[C@H]1O. The van der Waals surface area contributed by atoms with Gasteiger partial charge >= 0.3 is 0 Å². The Morgan fingerprint density at radius 3 is 2.29 bits per heavy atom. The fourth-order valence-corrected chi connectivity index (χ4v) is 3.54. The predicted molar refractivity (Wildman–Crippen MR) is 73.3 cm³/mol. The zero-order valence-electron chi connectivity index (χ0n) is 11.4. The van der Waals surface area contributed by atoms with Gasteiger partial charge in [0.1, 0.15) is 29.9 Å². The fourth-order valence-electron chi connectivity index (χ4n) is 1.66. The van der Waals surface area contributed by atoms with E-state index in [-0.39, 0.29) is 5.04 Å². The maximum atomic E-state index is 10.7. The molecule has 0 aromatic heterocycles. The molecule has 124 valence electrons. The van der Waals surface area contributed by atoms with Gasteiger partial charge in [0.2, 0.25) is 10.3 Å². The van der Waals surface area contributed by atoms with Crippen LogP contribution in [0.4, 0.5) is 0 Å². The van der Waals surface area contributed by atoms with Crippen molar-refractivity contribution in [3.63, 3.8) is 0 Å². The minimum absolute atomic E-state index is 0.102. The summed E-state index contributed by atoms with van der Waals surface area (Å²) < 4.78 is 40.4. The van der Waals surface area contributed by atoms with Crippen LogP contribution in [0.25, 0.3) is 0 Å². The number of ether oxygens (including phenoxy) is 1. The molecule has 0 radical (unpaired) electrons. The highest BCUT2D eigenvalue weighted by Crippen LogP contribution is 2.31. The third-order valence-electron chi connectivity index (χ3n) is 2.78. The lowest BCUT2D eigenvalue weighted by atomic mass is 10.0. The van der Waals surface area contributed by atoms with Crippen LogP contribution in [-0.4, -0.2) is 74.9 Å². The van der Waals surface area contributed by atoms with Gasteiger partial charge in [-0.25, -0.2) is 8.42 Å². The Morgan fingerprint density at radius 2 is 1.86 bits per heavy atom. The summed E-state index contributed by atoms with van der Waals surface area (Å²) in [4.78, 5) is 0. The number of thioether (sulfide) groups is 1. The zero-order chi connectivity index (χ0) is 16.4. The second-order valence-electron chi connectivity index (χ2n) is 4.83. The number of hydrogen-bond acceptors (Lipinski definition) is 9. The average Bonchev–Trinajstić information content (AvgIpc) is 2.36. The first-order valence-corrected chi connectivity index (χ1v) is 8.34. The van der Waals surface area contributed by atoms with Crippen molar-refractivity contribution in [2.24, 2.45) is 10.3 Å². The molecule has 0 amide bonds. The van der Waals surface area contributed by atoms with E-state index >= 15 is 0 Å². The van der Waals surface area contributed by atoms with Crippen LogP contribution in [0.1, 0.15) is 13.8 Å². The molecule has 9 nitrogen and oxygen atoms in total. The zero-order valence-corrected chi connectivity index (χ0v) is 13.0. The van der Waals surface area contributed by atoms with E-state index in [0.717, 1.165) is 0 Å². The molecule has 0 aromatic carbocycles. The highest BCUT2D eigenvalue weighted by atomic mass is 32.2. The van der Waals surface area contributed by atoms with Crippen LogP contribution in [-0.2, 0) is 15.0 Å². The van der Waals surface area contributed by atoms with Crippen LogP contribution in [0.15, 0.2) is 4.40 Å². The van der Waals surface area contributed by atoms with Crippen molar-refractivity contribution in [3.05, 3.63) is 0 Å². The van der Waals surface area contributed by atoms with E-state index in [1.165, 1.54) is 0 Å². The number of aliphatic hydroxyl groups excluding tert-OH is 4. The molecule has 1 fully saturated rings. The van der Waals surface area contributed by atoms with Gasteiger partial charge in [-0.15, -0.1) is 0 Å². The van der Waals surface area contributed by atoms with Crippen molar-refractivity contribution in [2.75, 3.05) is 6.61 Å². The summed E-state index contributed by atoms with van der Waals surface area (Å²) in [6.07, 6.45) is -5.74. The molecular formula is C10H18NO8S2-. The summed E-state index contributed by atoms with van der Waals surface area (Å²) in [6.45, 7) is 2.57. The molecular weight excluding hydrogens is 326 g/mol. The van der Waals surface area contributed by atoms with E-state index in [1.807, 2.05) is 0 Å². The van der Waals surface area contributed by atoms with Crippen molar-refractivity contribution in [3.8, 4) is 0 Å². The van der Waals surface area contributed by atoms with E-state index in [2.05, 4.69) is 4.40 Å². The largest absolute Gasteiger partial charge is 0.730 e. The van der Waals surface area contributed by atoms with E-state index in [4.69, 9.17) is 9.84 Å². The summed E-state index contributed by atoms with van der Waals surface area (Å²) in [5.41, 5.74) is -1.18. The summed E-state index contributed by atoms with van der Waals surface area (Å²) >= 11 is 0.650. The summed E-state index contributed by atoms with van der Waals surface area (Å²) in [5, 5.41) is 38.0. The van der Waals surface area contributed by atoms with Crippen molar-refractivity contribution in [1.82, 2.24) is 0 Å².